The molecule has 0 aliphatic carbocycles. The maximum absolute atomic E-state index is 11.9. The molecule has 0 fully saturated rings. The quantitative estimate of drug-likeness (QED) is 0.631. The lowest BCUT2D eigenvalue weighted by Crippen LogP contribution is -2.45. The van der Waals surface area contributed by atoms with Crippen LogP contribution < -0.4 is 0 Å². The monoisotopic (exact) mass is 325 g/mol. The van der Waals surface area contributed by atoms with E-state index >= 15 is 0 Å². The second-order valence-electron chi connectivity index (χ2n) is 5.84. The highest BCUT2D eigenvalue weighted by molar-refractivity contribution is 5.75. The van der Waals surface area contributed by atoms with E-state index in [1.165, 1.54) is 7.11 Å². The van der Waals surface area contributed by atoms with Crippen LogP contribution in [0.15, 0.2) is 30.3 Å². The molecule has 0 aliphatic heterocycles. The number of methoxy groups -OCH3 is 1. The molecule has 0 unspecified atom stereocenters. The third-order valence-electron chi connectivity index (χ3n) is 2.76. The van der Waals surface area contributed by atoms with Crippen LogP contribution in [0.5, 0.6) is 0 Å². The Hall–Kier alpha value is -2.12. The Morgan fingerprint density at radius 3 is 2.30 bits per heavy atom. The summed E-state index contributed by atoms with van der Waals surface area (Å²) in [6, 6.07) is 7.92. The van der Waals surface area contributed by atoms with Gasteiger partial charge in [0, 0.05) is 0 Å². The first-order valence-corrected chi connectivity index (χ1v) is 7.17. The highest BCUT2D eigenvalue weighted by Crippen LogP contribution is 2.14. The van der Waals surface area contributed by atoms with Crippen LogP contribution >= 0.6 is 0 Å². The van der Waals surface area contributed by atoms with Crippen LogP contribution in [0.4, 0.5) is 4.79 Å². The molecule has 23 heavy (non-hydrogen) atoms. The molecule has 1 N–H and O–H groups in total. The number of benzene rings is 1. The Morgan fingerprint density at radius 1 is 1.22 bits per heavy atom. The summed E-state index contributed by atoms with van der Waals surface area (Å²) in [4.78, 5) is 28.8. The summed E-state index contributed by atoms with van der Waals surface area (Å²) in [6.07, 6.45) is -0.962. The molecule has 1 rings (SSSR count). The number of rotatable bonds is 6. The standard InChI is InChI=1S/C16H23NO6/c1-16(2,3)22-15(20)23-17(13(11-18)14(19)21-4)10-12-8-6-5-7-9-12/h5-9,13,18H,10-11H2,1-4H3/t13-/m1/s1. The average molecular weight is 325 g/mol. The molecular formula is C16H23NO6. The minimum atomic E-state index is -1.15. The first-order chi connectivity index (χ1) is 10.8. The third-order valence-corrected chi connectivity index (χ3v) is 2.76. The lowest BCUT2D eigenvalue weighted by atomic mass is 10.2. The van der Waals surface area contributed by atoms with Crippen LogP contribution in [-0.4, -0.2) is 47.7 Å². The van der Waals surface area contributed by atoms with Crippen molar-refractivity contribution in [2.45, 2.75) is 39.0 Å². The van der Waals surface area contributed by atoms with Crippen molar-refractivity contribution in [2.24, 2.45) is 0 Å². The van der Waals surface area contributed by atoms with Crippen molar-refractivity contribution in [3.05, 3.63) is 35.9 Å². The minimum Gasteiger partial charge on any atom is -0.468 e. The van der Waals surface area contributed by atoms with Crippen LogP contribution in [0.25, 0.3) is 0 Å². The van der Waals surface area contributed by atoms with E-state index < -0.39 is 30.4 Å². The van der Waals surface area contributed by atoms with Crippen LogP contribution in [-0.2, 0) is 25.7 Å². The highest BCUT2D eigenvalue weighted by atomic mass is 16.8. The van der Waals surface area contributed by atoms with Crippen molar-refractivity contribution in [2.75, 3.05) is 13.7 Å². The molecule has 0 saturated carbocycles. The van der Waals surface area contributed by atoms with E-state index in [1.807, 2.05) is 18.2 Å². The number of nitrogens with zero attached hydrogens (tertiary/aromatic N) is 1. The van der Waals surface area contributed by atoms with Gasteiger partial charge < -0.3 is 19.4 Å². The van der Waals surface area contributed by atoms with Gasteiger partial charge in [-0.3, -0.25) is 4.79 Å². The Labute approximate surface area is 135 Å². The molecular weight excluding hydrogens is 302 g/mol. The average Bonchev–Trinajstić information content (AvgIpc) is 2.46. The molecule has 0 amide bonds. The molecule has 0 spiro atoms. The molecule has 0 saturated heterocycles. The van der Waals surface area contributed by atoms with Gasteiger partial charge >= 0.3 is 12.1 Å². The second-order valence-corrected chi connectivity index (χ2v) is 5.84. The maximum atomic E-state index is 11.9. The molecule has 0 heterocycles. The molecule has 0 aromatic heterocycles. The lowest BCUT2D eigenvalue weighted by molar-refractivity contribution is -0.194. The van der Waals surface area contributed by atoms with Gasteiger partial charge in [0.25, 0.3) is 0 Å². The molecule has 1 aromatic rings. The second kappa shape index (κ2) is 8.50. The van der Waals surface area contributed by atoms with Gasteiger partial charge in [-0.1, -0.05) is 30.3 Å². The van der Waals surface area contributed by atoms with E-state index in [0.717, 1.165) is 10.6 Å². The molecule has 128 valence electrons. The van der Waals surface area contributed by atoms with Crippen molar-refractivity contribution in [1.82, 2.24) is 5.06 Å². The molecule has 0 radical (unpaired) electrons. The SMILES string of the molecule is COC(=O)[C@@H](CO)N(Cc1ccccc1)OC(=O)OC(C)(C)C. The topological polar surface area (TPSA) is 85.3 Å². The predicted octanol–water partition coefficient (Wildman–Crippen LogP) is 1.89. The smallest absolute Gasteiger partial charge is 0.468 e. The molecule has 0 aliphatic rings. The summed E-state index contributed by atoms with van der Waals surface area (Å²) in [5.41, 5.74) is 0.0496. The van der Waals surface area contributed by atoms with E-state index in [1.54, 1.807) is 32.9 Å². The van der Waals surface area contributed by atoms with E-state index in [-0.39, 0.29) is 6.54 Å². The highest BCUT2D eigenvalue weighted by Gasteiger charge is 2.31. The van der Waals surface area contributed by atoms with Crippen molar-refractivity contribution in [3.63, 3.8) is 0 Å². The fraction of sp³-hybridized carbons (Fsp3) is 0.500. The van der Waals surface area contributed by atoms with Gasteiger partial charge in [0.05, 0.1) is 20.3 Å². The van der Waals surface area contributed by atoms with Crippen molar-refractivity contribution in [3.8, 4) is 0 Å². The summed E-state index contributed by atoms with van der Waals surface area (Å²) in [6.45, 7) is 4.61. The molecule has 1 aromatic carbocycles. The van der Waals surface area contributed by atoms with Crippen LogP contribution in [0.2, 0.25) is 0 Å². The Morgan fingerprint density at radius 2 is 1.83 bits per heavy atom. The van der Waals surface area contributed by atoms with Gasteiger partial charge in [-0.15, -0.1) is 5.06 Å². The van der Waals surface area contributed by atoms with Gasteiger partial charge in [0.2, 0.25) is 0 Å². The predicted molar refractivity (Wildman–Crippen MR) is 82.2 cm³/mol. The zero-order valence-corrected chi connectivity index (χ0v) is 13.8. The normalized spacial score (nSPS) is 12.6. The number of hydrogen-bond acceptors (Lipinski definition) is 7. The molecule has 7 heteroatoms. The van der Waals surface area contributed by atoms with Gasteiger partial charge in [-0.05, 0) is 26.3 Å². The van der Waals surface area contributed by atoms with Crippen molar-refractivity contribution >= 4 is 12.1 Å². The first kappa shape index (κ1) is 18.9. The Balaban J connectivity index is 2.91. The largest absolute Gasteiger partial charge is 0.528 e. The summed E-state index contributed by atoms with van der Waals surface area (Å²) in [7, 11) is 1.19. The van der Waals surface area contributed by atoms with Gasteiger partial charge in [0.15, 0.2) is 6.04 Å². The number of esters is 1. The Kier molecular flexibility index (Phi) is 6.99. The number of carbonyl (C=O) groups is 2. The fourth-order valence-electron chi connectivity index (χ4n) is 1.75. The number of aliphatic hydroxyl groups excluding tert-OH is 1. The number of ether oxygens (including phenoxy) is 2. The zero-order chi connectivity index (χ0) is 17.5. The maximum Gasteiger partial charge on any atom is 0.528 e. The number of carbonyl (C=O) groups excluding carboxylic acids is 2. The number of aliphatic hydroxyl groups is 1. The van der Waals surface area contributed by atoms with E-state index in [2.05, 4.69) is 4.74 Å². The van der Waals surface area contributed by atoms with Crippen LogP contribution in [0.1, 0.15) is 26.3 Å². The number of hydrogen-bond donors (Lipinski definition) is 1. The molecule has 1 atom stereocenters. The van der Waals surface area contributed by atoms with Gasteiger partial charge in [0.1, 0.15) is 5.60 Å². The van der Waals surface area contributed by atoms with E-state index in [9.17, 15) is 14.7 Å². The summed E-state index contributed by atoms with van der Waals surface area (Å²) in [5, 5.41) is 10.5. The lowest BCUT2D eigenvalue weighted by Gasteiger charge is -2.28. The number of hydroxylamine groups is 2. The van der Waals surface area contributed by atoms with E-state index in [4.69, 9.17) is 9.57 Å². The summed E-state index contributed by atoms with van der Waals surface area (Å²) < 4.78 is 9.71. The summed E-state index contributed by atoms with van der Waals surface area (Å²) >= 11 is 0. The minimum absolute atomic E-state index is 0.0976. The van der Waals surface area contributed by atoms with Gasteiger partial charge in [-0.2, -0.15) is 0 Å². The van der Waals surface area contributed by atoms with Crippen molar-refractivity contribution in [1.29, 1.82) is 0 Å². The molecule has 7 nitrogen and oxygen atoms in total. The van der Waals surface area contributed by atoms with E-state index in [0.29, 0.717) is 0 Å². The Bertz CT molecular complexity index is 511. The van der Waals surface area contributed by atoms with Crippen molar-refractivity contribution < 1.29 is 29.0 Å². The third kappa shape index (κ3) is 6.66. The van der Waals surface area contributed by atoms with Crippen LogP contribution in [0, 0.1) is 0 Å². The first-order valence-electron chi connectivity index (χ1n) is 7.17. The zero-order valence-electron chi connectivity index (χ0n) is 13.8. The fourth-order valence-corrected chi connectivity index (χ4v) is 1.75. The summed E-state index contributed by atoms with van der Waals surface area (Å²) in [5.74, 6) is -0.716. The van der Waals surface area contributed by atoms with Crippen LogP contribution in [0.3, 0.4) is 0 Å². The molecule has 0 bridgehead atoms. The van der Waals surface area contributed by atoms with Gasteiger partial charge in [-0.25, -0.2) is 4.79 Å².